The predicted octanol–water partition coefficient (Wildman–Crippen LogP) is 4.30. The van der Waals surface area contributed by atoms with Crippen molar-refractivity contribution < 1.29 is 9.59 Å². The van der Waals surface area contributed by atoms with E-state index in [0.717, 1.165) is 10.0 Å². The van der Waals surface area contributed by atoms with Crippen LogP contribution in [-0.2, 0) is 4.79 Å². The fourth-order valence-electron chi connectivity index (χ4n) is 1.82. The van der Waals surface area contributed by atoms with Gasteiger partial charge in [0.2, 0.25) is 0 Å². The number of allylic oxidation sites excluding steroid dienone is 1. The Morgan fingerprint density at radius 2 is 1.55 bits per heavy atom. The standard InChI is InChI=1S/C17H13BrO2/c1-12(19)15(11-14-9-5-6-10-16(14)18)17(20)13-7-3-2-4-8-13/h2-11H,1H3/b15-11+. The van der Waals surface area contributed by atoms with Gasteiger partial charge in [0.25, 0.3) is 0 Å². The van der Waals surface area contributed by atoms with Gasteiger partial charge in [-0.15, -0.1) is 0 Å². The van der Waals surface area contributed by atoms with Crippen LogP contribution in [0.15, 0.2) is 64.6 Å². The second-order valence-corrected chi connectivity index (χ2v) is 5.19. The maximum atomic E-state index is 12.4. The summed E-state index contributed by atoms with van der Waals surface area (Å²) in [6.45, 7) is 1.41. The van der Waals surface area contributed by atoms with Crippen molar-refractivity contribution in [3.05, 3.63) is 75.8 Å². The molecule has 0 bridgehead atoms. The zero-order valence-corrected chi connectivity index (χ0v) is 12.6. The second kappa shape index (κ2) is 6.44. The summed E-state index contributed by atoms with van der Waals surface area (Å²) >= 11 is 3.41. The average molecular weight is 329 g/mol. The molecule has 2 aromatic carbocycles. The number of ketones is 2. The summed E-state index contributed by atoms with van der Waals surface area (Å²) in [6.07, 6.45) is 1.63. The molecule has 100 valence electrons. The zero-order valence-electron chi connectivity index (χ0n) is 11.0. The van der Waals surface area contributed by atoms with E-state index in [9.17, 15) is 9.59 Å². The third-order valence-electron chi connectivity index (χ3n) is 2.86. The minimum Gasteiger partial charge on any atom is -0.294 e. The van der Waals surface area contributed by atoms with Crippen molar-refractivity contribution in [1.82, 2.24) is 0 Å². The monoisotopic (exact) mass is 328 g/mol. The Balaban J connectivity index is 2.45. The van der Waals surface area contributed by atoms with Gasteiger partial charge < -0.3 is 0 Å². The van der Waals surface area contributed by atoms with Crippen LogP contribution in [0.3, 0.4) is 0 Å². The Morgan fingerprint density at radius 1 is 0.950 bits per heavy atom. The molecule has 0 aliphatic heterocycles. The van der Waals surface area contributed by atoms with E-state index in [0.29, 0.717) is 5.56 Å². The van der Waals surface area contributed by atoms with Gasteiger partial charge in [0.05, 0.1) is 5.57 Å². The first-order valence-electron chi connectivity index (χ1n) is 6.16. The number of carbonyl (C=O) groups excluding carboxylic acids is 2. The van der Waals surface area contributed by atoms with Crippen LogP contribution in [0.25, 0.3) is 6.08 Å². The van der Waals surface area contributed by atoms with Crippen molar-refractivity contribution >= 4 is 33.6 Å². The van der Waals surface area contributed by atoms with E-state index in [1.54, 1.807) is 30.3 Å². The van der Waals surface area contributed by atoms with Gasteiger partial charge in [0.1, 0.15) is 0 Å². The van der Waals surface area contributed by atoms with Gasteiger partial charge in [-0.3, -0.25) is 9.59 Å². The van der Waals surface area contributed by atoms with E-state index in [-0.39, 0.29) is 17.1 Å². The summed E-state index contributed by atoms with van der Waals surface area (Å²) in [6, 6.07) is 16.3. The van der Waals surface area contributed by atoms with Crippen LogP contribution < -0.4 is 0 Å². The fourth-order valence-corrected chi connectivity index (χ4v) is 2.22. The third-order valence-corrected chi connectivity index (χ3v) is 3.59. The van der Waals surface area contributed by atoms with Crippen molar-refractivity contribution in [1.29, 1.82) is 0 Å². The largest absolute Gasteiger partial charge is 0.294 e. The van der Waals surface area contributed by atoms with E-state index in [4.69, 9.17) is 0 Å². The quantitative estimate of drug-likeness (QED) is 0.363. The third kappa shape index (κ3) is 3.31. The number of halogens is 1. The van der Waals surface area contributed by atoms with Gasteiger partial charge >= 0.3 is 0 Å². The van der Waals surface area contributed by atoms with Crippen LogP contribution in [-0.4, -0.2) is 11.6 Å². The first-order valence-corrected chi connectivity index (χ1v) is 6.96. The molecule has 0 N–H and O–H groups in total. The van der Waals surface area contributed by atoms with Crippen LogP contribution in [0.2, 0.25) is 0 Å². The average Bonchev–Trinajstić information content (AvgIpc) is 2.46. The predicted molar refractivity (Wildman–Crippen MR) is 83.6 cm³/mol. The number of hydrogen-bond donors (Lipinski definition) is 0. The van der Waals surface area contributed by atoms with Gasteiger partial charge in [-0.25, -0.2) is 0 Å². The Kier molecular flexibility index (Phi) is 4.64. The molecule has 2 aromatic rings. The van der Waals surface area contributed by atoms with E-state index in [2.05, 4.69) is 15.9 Å². The van der Waals surface area contributed by atoms with Crippen LogP contribution in [0.4, 0.5) is 0 Å². The SMILES string of the molecule is CC(=O)/C(=C\c1ccccc1Br)C(=O)c1ccccc1. The highest BCUT2D eigenvalue weighted by Crippen LogP contribution is 2.21. The minimum absolute atomic E-state index is 0.183. The molecule has 0 aromatic heterocycles. The van der Waals surface area contributed by atoms with Gasteiger partial charge in [0, 0.05) is 10.0 Å². The topological polar surface area (TPSA) is 34.1 Å². The van der Waals surface area contributed by atoms with Crippen LogP contribution >= 0.6 is 15.9 Å². The Morgan fingerprint density at radius 3 is 2.15 bits per heavy atom. The van der Waals surface area contributed by atoms with Gasteiger partial charge in [-0.2, -0.15) is 0 Å². The van der Waals surface area contributed by atoms with E-state index in [1.807, 2.05) is 30.3 Å². The molecule has 0 spiro atoms. The van der Waals surface area contributed by atoms with Gasteiger partial charge in [-0.1, -0.05) is 64.5 Å². The molecule has 0 aliphatic rings. The molecule has 0 fully saturated rings. The Hall–Kier alpha value is -2.00. The lowest BCUT2D eigenvalue weighted by molar-refractivity contribution is -0.113. The summed E-state index contributed by atoms with van der Waals surface area (Å²) in [5, 5.41) is 0. The summed E-state index contributed by atoms with van der Waals surface area (Å²) in [7, 11) is 0. The molecule has 0 aliphatic carbocycles. The molecule has 0 saturated heterocycles. The summed E-state index contributed by atoms with van der Waals surface area (Å²) < 4.78 is 0.847. The summed E-state index contributed by atoms with van der Waals surface area (Å²) in [5.41, 5.74) is 1.51. The molecule has 0 amide bonds. The lowest BCUT2D eigenvalue weighted by Gasteiger charge is -2.05. The lowest BCUT2D eigenvalue weighted by Crippen LogP contribution is -2.10. The zero-order chi connectivity index (χ0) is 14.5. The van der Waals surface area contributed by atoms with E-state index in [1.165, 1.54) is 6.92 Å². The highest BCUT2D eigenvalue weighted by molar-refractivity contribution is 9.10. The van der Waals surface area contributed by atoms with Gasteiger partial charge in [-0.05, 0) is 24.6 Å². The molecule has 3 heteroatoms. The highest BCUT2D eigenvalue weighted by Gasteiger charge is 2.16. The Labute approximate surface area is 126 Å². The molecular weight excluding hydrogens is 316 g/mol. The molecule has 2 nitrogen and oxygen atoms in total. The van der Waals surface area contributed by atoms with Crippen LogP contribution in [0, 0.1) is 0 Å². The number of hydrogen-bond acceptors (Lipinski definition) is 2. The highest BCUT2D eigenvalue weighted by atomic mass is 79.9. The number of rotatable bonds is 4. The number of benzene rings is 2. The van der Waals surface area contributed by atoms with Crippen LogP contribution in [0.1, 0.15) is 22.8 Å². The Bertz CT molecular complexity index is 672. The number of Topliss-reactive ketones (excluding diaryl/α,β-unsaturated/α-hetero) is 2. The molecule has 0 heterocycles. The summed E-state index contributed by atoms with van der Waals surface area (Å²) in [5.74, 6) is -0.497. The fraction of sp³-hybridized carbons (Fsp3) is 0.0588. The van der Waals surface area contributed by atoms with Crippen molar-refractivity contribution in [2.45, 2.75) is 6.92 Å². The molecular formula is C17H13BrO2. The molecule has 0 unspecified atom stereocenters. The van der Waals surface area contributed by atoms with Crippen LogP contribution in [0.5, 0.6) is 0 Å². The van der Waals surface area contributed by atoms with Crippen molar-refractivity contribution in [2.75, 3.05) is 0 Å². The van der Waals surface area contributed by atoms with Crippen molar-refractivity contribution in [3.63, 3.8) is 0 Å². The molecule has 0 atom stereocenters. The number of carbonyl (C=O) groups is 2. The molecule has 20 heavy (non-hydrogen) atoms. The maximum absolute atomic E-state index is 12.4. The minimum atomic E-state index is -0.256. The molecule has 0 saturated carbocycles. The first kappa shape index (κ1) is 14.4. The van der Waals surface area contributed by atoms with Crippen molar-refractivity contribution in [3.8, 4) is 0 Å². The first-order chi connectivity index (χ1) is 9.59. The summed E-state index contributed by atoms with van der Waals surface area (Å²) in [4.78, 5) is 24.2. The smallest absolute Gasteiger partial charge is 0.196 e. The van der Waals surface area contributed by atoms with E-state index < -0.39 is 0 Å². The normalized spacial score (nSPS) is 11.2. The molecule has 2 rings (SSSR count). The maximum Gasteiger partial charge on any atom is 0.196 e. The lowest BCUT2D eigenvalue weighted by atomic mass is 9.98. The second-order valence-electron chi connectivity index (χ2n) is 4.33. The van der Waals surface area contributed by atoms with Gasteiger partial charge in [0.15, 0.2) is 11.6 Å². The van der Waals surface area contributed by atoms with Crippen molar-refractivity contribution in [2.24, 2.45) is 0 Å². The van der Waals surface area contributed by atoms with E-state index >= 15 is 0 Å². The molecule has 0 radical (unpaired) electrons.